The summed E-state index contributed by atoms with van der Waals surface area (Å²) in [6.45, 7) is 3.33. The second-order valence-corrected chi connectivity index (χ2v) is 5.75. The number of aromatic amines is 1. The zero-order chi connectivity index (χ0) is 15.8. The highest BCUT2D eigenvalue weighted by atomic mass is 35.5. The molecule has 2 N–H and O–H groups in total. The van der Waals surface area contributed by atoms with Gasteiger partial charge in [-0.2, -0.15) is 9.78 Å². The number of H-pyrrole nitrogens is 1. The van der Waals surface area contributed by atoms with Crippen LogP contribution in [0.5, 0.6) is 0 Å². The maximum absolute atomic E-state index is 12.6. The van der Waals surface area contributed by atoms with Crippen LogP contribution in [0.25, 0.3) is 17.0 Å². The standard InChI is InChI=1S/C15H15ClN6O/c16-13-12(21-7-5-17-6-8-21)9-18-22(14(13)23)15-19-10-3-1-2-4-11(10)20-15/h1-4,9,17H,5-8H2,(H,19,20). The average Bonchev–Trinajstić information content (AvgIpc) is 3.02. The Labute approximate surface area is 136 Å². The van der Waals surface area contributed by atoms with Gasteiger partial charge in [-0.15, -0.1) is 0 Å². The molecule has 0 aliphatic carbocycles. The summed E-state index contributed by atoms with van der Waals surface area (Å²) < 4.78 is 1.20. The lowest BCUT2D eigenvalue weighted by Gasteiger charge is -2.29. The van der Waals surface area contributed by atoms with E-state index in [4.69, 9.17) is 11.6 Å². The Morgan fingerprint density at radius 3 is 2.74 bits per heavy atom. The summed E-state index contributed by atoms with van der Waals surface area (Å²) in [6.07, 6.45) is 1.63. The minimum atomic E-state index is -0.373. The molecule has 7 nitrogen and oxygen atoms in total. The van der Waals surface area contributed by atoms with E-state index in [9.17, 15) is 4.79 Å². The number of imidazole rings is 1. The molecule has 0 radical (unpaired) electrons. The van der Waals surface area contributed by atoms with Crippen LogP contribution in [0.1, 0.15) is 0 Å². The second-order valence-electron chi connectivity index (χ2n) is 5.38. The molecule has 0 saturated carbocycles. The van der Waals surface area contributed by atoms with E-state index >= 15 is 0 Å². The molecule has 4 rings (SSSR count). The Balaban J connectivity index is 1.78. The van der Waals surface area contributed by atoms with Crippen molar-refractivity contribution in [1.29, 1.82) is 0 Å². The molecule has 3 heterocycles. The third-order valence-electron chi connectivity index (χ3n) is 3.94. The molecule has 2 aromatic heterocycles. The zero-order valence-corrected chi connectivity index (χ0v) is 13.0. The Hall–Kier alpha value is -2.38. The predicted octanol–water partition coefficient (Wildman–Crippen LogP) is 1.17. The first-order valence-electron chi connectivity index (χ1n) is 7.42. The van der Waals surface area contributed by atoms with Crippen LogP contribution in [-0.2, 0) is 0 Å². The fourth-order valence-electron chi connectivity index (χ4n) is 2.74. The number of rotatable bonds is 2. The summed E-state index contributed by atoms with van der Waals surface area (Å²) in [7, 11) is 0. The first kappa shape index (κ1) is 14.2. The Kier molecular flexibility index (Phi) is 3.51. The number of piperazine rings is 1. The van der Waals surface area contributed by atoms with Crippen molar-refractivity contribution in [2.45, 2.75) is 0 Å². The molecule has 1 aliphatic heterocycles. The van der Waals surface area contributed by atoms with Gasteiger partial charge in [0, 0.05) is 26.2 Å². The third kappa shape index (κ3) is 2.47. The first-order chi connectivity index (χ1) is 11.2. The van der Waals surface area contributed by atoms with Gasteiger partial charge in [0.15, 0.2) is 0 Å². The highest BCUT2D eigenvalue weighted by Crippen LogP contribution is 2.22. The lowest BCUT2D eigenvalue weighted by atomic mass is 10.3. The number of hydrogen-bond donors (Lipinski definition) is 2. The molecule has 0 atom stereocenters. The molecule has 8 heteroatoms. The second kappa shape index (κ2) is 5.68. The van der Waals surface area contributed by atoms with Crippen molar-refractivity contribution < 1.29 is 0 Å². The maximum Gasteiger partial charge on any atom is 0.295 e. The minimum absolute atomic E-state index is 0.169. The zero-order valence-electron chi connectivity index (χ0n) is 12.3. The number of fused-ring (bicyclic) bond motifs is 1. The van der Waals surface area contributed by atoms with Gasteiger partial charge in [-0.05, 0) is 12.1 Å². The number of nitrogens with one attached hydrogen (secondary N) is 2. The van der Waals surface area contributed by atoms with Crippen LogP contribution >= 0.6 is 11.6 Å². The van der Waals surface area contributed by atoms with Gasteiger partial charge < -0.3 is 15.2 Å². The van der Waals surface area contributed by atoms with Gasteiger partial charge in [-0.25, -0.2) is 4.98 Å². The number of anilines is 1. The van der Waals surface area contributed by atoms with E-state index < -0.39 is 0 Å². The molecule has 1 aromatic carbocycles. The number of para-hydroxylation sites is 2. The molecule has 23 heavy (non-hydrogen) atoms. The predicted molar refractivity (Wildman–Crippen MR) is 89.6 cm³/mol. The topological polar surface area (TPSA) is 78.8 Å². The van der Waals surface area contributed by atoms with Gasteiger partial charge in [0.05, 0.1) is 22.9 Å². The van der Waals surface area contributed by atoms with Crippen molar-refractivity contribution in [3.8, 4) is 5.95 Å². The van der Waals surface area contributed by atoms with E-state index in [-0.39, 0.29) is 10.6 Å². The molecule has 0 amide bonds. The fourth-order valence-corrected chi connectivity index (χ4v) is 2.99. The summed E-state index contributed by atoms with van der Waals surface area (Å²) in [6, 6.07) is 7.56. The van der Waals surface area contributed by atoms with E-state index in [1.54, 1.807) is 6.20 Å². The largest absolute Gasteiger partial charge is 0.366 e. The SMILES string of the molecule is O=c1c(Cl)c(N2CCNCC2)cnn1-c1nc2ccccc2[nH]1. The van der Waals surface area contributed by atoms with Crippen molar-refractivity contribution >= 4 is 28.3 Å². The highest BCUT2D eigenvalue weighted by Gasteiger charge is 2.19. The number of hydrogen-bond acceptors (Lipinski definition) is 5. The molecule has 1 saturated heterocycles. The van der Waals surface area contributed by atoms with Gasteiger partial charge >= 0.3 is 0 Å². The fraction of sp³-hybridized carbons (Fsp3) is 0.267. The summed E-state index contributed by atoms with van der Waals surface area (Å²) in [5.41, 5.74) is 1.92. The molecule has 1 aliphatic rings. The van der Waals surface area contributed by atoms with Crippen molar-refractivity contribution in [1.82, 2.24) is 25.1 Å². The van der Waals surface area contributed by atoms with Crippen LogP contribution < -0.4 is 15.8 Å². The molecule has 0 unspecified atom stereocenters. The van der Waals surface area contributed by atoms with Crippen LogP contribution in [0.2, 0.25) is 5.02 Å². The van der Waals surface area contributed by atoms with E-state index in [2.05, 4.69) is 25.3 Å². The molecular weight excluding hydrogens is 316 g/mol. The van der Waals surface area contributed by atoms with Crippen LogP contribution in [-0.4, -0.2) is 45.9 Å². The Bertz CT molecular complexity index is 879. The first-order valence-corrected chi connectivity index (χ1v) is 7.80. The number of benzene rings is 1. The summed E-state index contributed by atoms with van der Waals surface area (Å²) >= 11 is 6.30. The maximum atomic E-state index is 12.6. The normalized spacial score (nSPS) is 15.3. The molecule has 1 fully saturated rings. The van der Waals surface area contributed by atoms with Gasteiger partial charge in [0.25, 0.3) is 5.56 Å². The van der Waals surface area contributed by atoms with Crippen molar-refractivity contribution in [2.75, 3.05) is 31.1 Å². The van der Waals surface area contributed by atoms with Crippen LogP contribution in [0.4, 0.5) is 5.69 Å². The van der Waals surface area contributed by atoms with E-state index in [1.165, 1.54) is 4.68 Å². The van der Waals surface area contributed by atoms with E-state index in [0.29, 0.717) is 11.6 Å². The van der Waals surface area contributed by atoms with Crippen molar-refractivity contribution in [3.05, 3.63) is 45.8 Å². The molecule has 0 spiro atoms. The van der Waals surface area contributed by atoms with E-state index in [0.717, 1.165) is 37.2 Å². The Morgan fingerprint density at radius 1 is 1.17 bits per heavy atom. The lowest BCUT2D eigenvalue weighted by molar-refractivity contribution is 0.586. The van der Waals surface area contributed by atoms with Gasteiger partial charge in [-0.1, -0.05) is 23.7 Å². The average molecular weight is 331 g/mol. The molecule has 3 aromatic rings. The number of nitrogens with zero attached hydrogens (tertiary/aromatic N) is 4. The summed E-state index contributed by atoms with van der Waals surface area (Å²) in [5.74, 6) is 0.366. The summed E-state index contributed by atoms with van der Waals surface area (Å²) in [4.78, 5) is 22.1. The summed E-state index contributed by atoms with van der Waals surface area (Å²) in [5, 5.41) is 7.68. The smallest absolute Gasteiger partial charge is 0.295 e. The molecule has 0 bridgehead atoms. The van der Waals surface area contributed by atoms with E-state index in [1.807, 2.05) is 24.3 Å². The van der Waals surface area contributed by atoms with Crippen molar-refractivity contribution in [3.63, 3.8) is 0 Å². The van der Waals surface area contributed by atoms with Gasteiger partial charge in [0.2, 0.25) is 5.95 Å². The Morgan fingerprint density at radius 2 is 1.96 bits per heavy atom. The van der Waals surface area contributed by atoms with Crippen LogP contribution in [0.3, 0.4) is 0 Å². The quantitative estimate of drug-likeness (QED) is 0.737. The van der Waals surface area contributed by atoms with Crippen LogP contribution in [0, 0.1) is 0 Å². The molecule has 118 valence electrons. The number of halogens is 1. The minimum Gasteiger partial charge on any atom is -0.366 e. The van der Waals surface area contributed by atoms with Crippen LogP contribution in [0.15, 0.2) is 35.3 Å². The monoisotopic (exact) mass is 330 g/mol. The van der Waals surface area contributed by atoms with Crippen molar-refractivity contribution in [2.24, 2.45) is 0 Å². The van der Waals surface area contributed by atoms with Gasteiger partial charge in [0.1, 0.15) is 5.02 Å². The van der Waals surface area contributed by atoms with Gasteiger partial charge in [-0.3, -0.25) is 4.79 Å². The number of aromatic nitrogens is 4. The third-order valence-corrected chi connectivity index (χ3v) is 4.29. The highest BCUT2D eigenvalue weighted by molar-refractivity contribution is 6.33. The molecular formula is C15H15ClN6O. The lowest BCUT2D eigenvalue weighted by Crippen LogP contribution is -2.44.